The Balaban J connectivity index is 2.22. The minimum absolute atomic E-state index is 0.573. The summed E-state index contributed by atoms with van der Waals surface area (Å²) in [6.07, 6.45) is 6.45. The number of hydrogen-bond donors (Lipinski definition) is 0. The van der Waals surface area contributed by atoms with Crippen molar-refractivity contribution in [2.75, 3.05) is 0 Å². The van der Waals surface area contributed by atoms with Gasteiger partial charge in [-0.05, 0) is 0 Å². The van der Waals surface area contributed by atoms with E-state index < -0.39 is 0 Å². The third kappa shape index (κ3) is 2.51. The first-order chi connectivity index (χ1) is 8.15. The monoisotopic (exact) mass is 298 g/mol. The molecule has 0 atom stereocenters. The van der Waals surface area contributed by atoms with Crippen molar-refractivity contribution in [1.82, 2.24) is 9.78 Å². The van der Waals surface area contributed by atoms with E-state index >= 15 is 0 Å². The van der Waals surface area contributed by atoms with E-state index in [1.807, 2.05) is 0 Å². The molecule has 2 rings (SSSR count). The third-order valence-electron chi connectivity index (χ3n) is 3.38. The molecule has 0 aliphatic rings. The van der Waals surface area contributed by atoms with Crippen LogP contribution < -0.4 is 0 Å². The molecule has 0 spiro atoms. The summed E-state index contributed by atoms with van der Waals surface area (Å²) in [5.74, 6) is 0. The topological polar surface area (TPSA) is 17.8 Å². The third-order valence-corrected chi connectivity index (χ3v) is 5.50. The van der Waals surface area contributed by atoms with Crippen LogP contribution in [0.4, 0.5) is 0 Å². The first-order valence-corrected chi connectivity index (χ1v) is 8.28. The molecule has 0 saturated carbocycles. The van der Waals surface area contributed by atoms with E-state index in [1.54, 1.807) is 8.87 Å². The fourth-order valence-corrected chi connectivity index (χ4v) is 4.90. The number of aromatic nitrogens is 2. The predicted octanol–water partition coefficient (Wildman–Crippen LogP) is 3.37. The van der Waals surface area contributed by atoms with Crippen LogP contribution in [-0.2, 0) is 13.5 Å². The van der Waals surface area contributed by atoms with E-state index in [2.05, 4.69) is 32.5 Å². The van der Waals surface area contributed by atoms with Crippen molar-refractivity contribution in [2.45, 2.75) is 52.9 Å². The Bertz CT molecular complexity index is 508. The average molecular weight is 297 g/mol. The Morgan fingerprint density at radius 1 is 1.12 bits per heavy atom. The summed E-state index contributed by atoms with van der Waals surface area (Å²) < 4.78 is 5.21. The van der Waals surface area contributed by atoms with E-state index in [1.165, 1.54) is 42.3 Å². The fraction of sp³-hybridized carbons (Fsp3) is 0.643. The number of unbranched alkanes of at least 4 members (excludes halogenated alkanes) is 3. The van der Waals surface area contributed by atoms with Gasteiger partial charge in [-0.2, -0.15) is 0 Å². The zero-order chi connectivity index (χ0) is 12.4. The summed E-state index contributed by atoms with van der Waals surface area (Å²) >= 11 is 0.573. The Kier molecular flexibility index (Phi) is 4.11. The maximum absolute atomic E-state index is 4.72. The summed E-state index contributed by atoms with van der Waals surface area (Å²) in [7, 11) is 2.09. The Morgan fingerprint density at radius 2 is 1.88 bits per heavy atom. The van der Waals surface area contributed by atoms with E-state index in [4.69, 9.17) is 5.10 Å². The van der Waals surface area contributed by atoms with Crippen LogP contribution in [0.1, 0.15) is 47.2 Å². The normalized spacial score (nSPS) is 11.5. The quantitative estimate of drug-likeness (QED) is 0.611. The Labute approximate surface area is 110 Å². The van der Waals surface area contributed by atoms with E-state index in [9.17, 15) is 0 Å². The molecular formula is C14H22N2Se. The molecule has 2 nitrogen and oxygen atoms in total. The number of hydrogen-bond acceptors (Lipinski definition) is 1. The first-order valence-electron chi connectivity index (χ1n) is 6.56. The molecule has 0 saturated heterocycles. The van der Waals surface area contributed by atoms with Gasteiger partial charge in [-0.15, -0.1) is 0 Å². The van der Waals surface area contributed by atoms with Crippen molar-refractivity contribution in [2.24, 2.45) is 7.05 Å². The first kappa shape index (κ1) is 12.9. The standard InChI is InChI=1S/C14H22N2Se/c1-5-6-7-8-9-12-13-10(2)17-11(3)14(13)16(4)15-12/h5-9H2,1-4H3. The van der Waals surface area contributed by atoms with E-state index in [0.29, 0.717) is 14.5 Å². The van der Waals surface area contributed by atoms with Crippen molar-refractivity contribution in [3.63, 3.8) is 0 Å². The van der Waals surface area contributed by atoms with Crippen LogP contribution in [0.2, 0.25) is 0 Å². The van der Waals surface area contributed by atoms with E-state index in [-0.39, 0.29) is 0 Å². The average Bonchev–Trinajstić information content (AvgIpc) is 2.75. The van der Waals surface area contributed by atoms with Crippen molar-refractivity contribution in [3.05, 3.63) is 14.6 Å². The van der Waals surface area contributed by atoms with Crippen molar-refractivity contribution >= 4 is 25.4 Å². The molecule has 0 unspecified atom stereocenters. The molecular weight excluding hydrogens is 275 g/mol. The second-order valence-corrected chi connectivity index (χ2v) is 7.82. The Hall–Kier alpha value is -0.531. The molecule has 0 radical (unpaired) electrons. The minimum atomic E-state index is 0.573. The SMILES string of the molecule is CCCCCCc1nn(C)c2c(C)[se]c(C)c12. The molecule has 2 heterocycles. The Morgan fingerprint density at radius 3 is 2.59 bits per heavy atom. The molecule has 0 N–H and O–H groups in total. The van der Waals surface area contributed by atoms with E-state index in [0.717, 1.165) is 6.42 Å². The van der Waals surface area contributed by atoms with Crippen molar-refractivity contribution < 1.29 is 0 Å². The molecule has 0 bridgehead atoms. The summed E-state index contributed by atoms with van der Waals surface area (Å²) in [6, 6.07) is 0. The van der Waals surface area contributed by atoms with Crippen LogP contribution in [-0.4, -0.2) is 24.3 Å². The van der Waals surface area contributed by atoms with Crippen LogP contribution in [0, 0.1) is 13.8 Å². The second-order valence-electron chi connectivity index (χ2n) is 4.82. The van der Waals surface area contributed by atoms with Crippen LogP contribution in [0.5, 0.6) is 0 Å². The van der Waals surface area contributed by atoms with Crippen LogP contribution in [0.15, 0.2) is 0 Å². The second kappa shape index (κ2) is 5.41. The van der Waals surface area contributed by atoms with Crippen LogP contribution in [0.25, 0.3) is 10.9 Å². The molecule has 17 heavy (non-hydrogen) atoms. The number of aryl methyl sites for hydroxylation is 4. The predicted molar refractivity (Wildman–Crippen MR) is 75.0 cm³/mol. The fourth-order valence-electron chi connectivity index (χ4n) is 2.58. The molecule has 3 heteroatoms. The van der Waals surface area contributed by atoms with Gasteiger partial charge in [-0.1, -0.05) is 0 Å². The summed E-state index contributed by atoms with van der Waals surface area (Å²) in [5, 5.41) is 6.20. The summed E-state index contributed by atoms with van der Waals surface area (Å²) in [6.45, 7) is 6.81. The van der Waals surface area contributed by atoms with Crippen molar-refractivity contribution in [3.8, 4) is 0 Å². The van der Waals surface area contributed by atoms with Gasteiger partial charge in [0, 0.05) is 0 Å². The van der Waals surface area contributed by atoms with Gasteiger partial charge < -0.3 is 0 Å². The van der Waals surface area contributed by atoms with Gasteiger partial charge in [0.2, 0.25) is 0 Å². The maximum atomic E-state index is 4.72. The molecule has 0 aliphatic heterocycles. The van der Waals surface area contributed by atoms with Gasteiger partial charge in [0.15, 0.2) is 0 Å². The summed E-state index contributed by atoms with van der Waals surface area (Å²) in [4.78, 5) is 0. The zero-order valence-electron chi connectivity index (χ0n) is 11.3. The molecule has 0 fully saturated rings. The molecule has 2 aromatic rings. The van der Waals surface area contributed by atoms with Crippen LogP contribution >= 0.6 is 0 Å². The van der Waals surface area contributed by atoms with Gasteiger partial charge in [0.05, 0.1) is 0 Å². The number of fused-ring (bicyclic) bond motifs is 1. The van der Waals surface area contributed by atoms with Gasteiger partial charge >= 0.3 is 110 Å². The van der Waals surface area contributed by atoms with Gasteiger partial charge in [-0.3, -0.25) is 0 Å². The van der Waals surface area contributed by atoms with Gasteiger partial charge in [0.25, 0.3) is 0 Å². The summed E-state index contributed by atoms with van der Waals surface area (Å²) in [5.41, 5.74) is 2.75. The molecule has 0 aromatic carbocycles. The molecule has 94 valence electrons. The van der Waals surface area contributed by atoms with Crippen molar-refractivity contribution in [1.29, 1.82) is 0 Å². The number of rotatable bonds is 5. The van der Waals surface area contributed by atoms with Crippen LogP contribution in [0.3, 0.4) is 0 Å². The number of nitrogens with zero attached hydrogens (tertiary/aromatic N) is 2. The zero-order valence-corrected chi connectivity index (χ0v) is 13.1. The molecule has 0 aliphatic carbocycles. The van der Waals surface area contributed by atoms with Gasteiger partial charge in [0.1, 0.15) is 0 Å². The van der Waals surface area contributed by atoms with Gasteiger partial charge in [-0.25, -0.2) is 0 Å². The molecule has 2 aromatic heterocycles. The molecule has 0 amide bonds.